The van der Waals surface area contributed by atoms with E-state index in [1.54, 1.807) is 12.1 Å². The molecule has 1 amide bonds. The second-order valence-corrected chi connectivity index (χ2v) is 8.79. The highest BCUT2D eigenvalue weighted by atomic mass is 35.5. The van der Waals surface area contributed by atoms with Crippen LogP contribution in [0.3, 0.4) is 0 Å². The van der Waals surface area contributed by atoms with Crippen LogP contribution in [0.4, 0.5) is 5.69 Å². The van der Waals surface area contributed by atoms with Crippen molar-refractivity contribution in [1.29, 1.82) is 0 Å². The maximum Gasteiger partial charge on any atom is 0.253 e. The monoisotopic (exact) mass is 383 g/mol. The Labute approximate surface area is 140 Å². The summed E-state index contributed by atoms with van der Waals surface area (Å²) < 4.78 is 49.3. The molecule has 0 fully saturated rings. The quantitative estimate of drug-likeness (QED) is 0.418. The van der Waals surface area contributed by atoms with Gasteiger partial charge in [-0.3, -0.25) is 9.52 Å². The van der Waals surface area contributed by atoms with E-state index in [9.17, 15) is 21.6 Å². The maximum absolute atomic E-state index is 12.1. The van der Waals surface area contributed by atoms with Gasteiger partial charge in [-0.05, 0) is 18.6 Å². The molecule has 0 aliphatic carbocycles. The maximum atomic E-state index is 12.1. The van der Waals surface area contributed by atoms with Crippen LogP contribution in [0.1, 0.15) is 16.8 Å². The van der Waals surface area contributed by atoms with Gasteiger partial charge in [0.2, 0.25) is 20.0 Å². The van der Waals surface area contributed by atoms with Gasteiger partial charge in [0.15, 0.2) is 0 Å². The molecule has 8 nitrogen and oxygen atoms in total. The summed E-state index contributed by atoms with van der Waals surface area (Å²) in [5.41, 5.74) is 0.356. The molecule has 0 aliphatic rings. The van der Waals surface area contributed by atoms with E-state index in [2.05, 4.69) is 14.8 Å². The average molecular weight is 384 g/mol. The largest absolute Gasteiger partial charge is 0.352 e. The lowest BCUT2D eigenvalue weighted by atomic mass is 10.1. The Morgan fingerprint density at radius 1 is 1.13 bits per heavy atom. The molecule has 11 heteroatoms. The van der Waals surface area contributed by atoms with Crippen molar-refractivity contribution in [3.05, 3.63) is 29.8 Å². The van der Waals surface area contributed by atoms with Crippen molar-refractivity contribution in [2.24, 2.45) is 0 Å². The van der Waals surface area contributed by atoms with Crippen LogP contribution in [0.5, 0.6) is 0 Å². The second-order valence-electron chi connectivity index (χ2n) is 4.65. The number of carbonyl (C=O) groups excluding carboxylic acids is 1. The molecule has 1 aromatic carbocycles. The Kier molecular flexibility index (Phi) is 7.26. The van der Waals surface area contributed by atoms with Gasteiger partial charge in [-0.2, -0.15) is 0 Å². The minimum absolute atomic E-state index is 0.137. The summed E-state index contributed by atoms with van der Waals surface area (Å²) in [4.78, 5) is 12.1. The molecular formula is C12H18ClN3O5S2. The first-order valence-corrected chi connectivity index (χ1v) is 10.6. The van der Waals surface area contributed by atoms with E-state index in [1.165, 1.54) is 12.1 Å². The molecule has 23 heavy (non-hydrogen) atoms. The van der Waals surface area contributed by atoms with Crippen LogP contribution in [0.2, 0.25) is 0 Å². The average Bonchev–Trinajstić information content (AvgIpc) is 2.45. The van der Waals surface area contributed by atoms with Gasteiger partial charge in [0, 0.05) is 13.1 Å². The third-order valence-electron chi connectivity index (χ3n) is 2.57. The van der Waals surface area contributed by atoms with E-state index < -0.39 is 31.2 Å². The number of para-hydroxylation sites is 1. The van der Waals surface area contributed by atoms with Gasteiger partial charge in [-0.15, -0.1) is 11.6 Å². The second kappa shape index (κ2) is 8.48. The predicted molar refractivity (Wildman–Crippen MR) is 89.5 cm³/mol. The number of hydrogen-bond donors (Lipinski definition) is 3. The Morgan fingerprint density at radius 3 is 2.39 bits per heavy atom. The molecule has 0 saturated heterocycles. The van der Waals surface area contributed by atoms with Crippen molar-refractivity contribution in [1.82, 2.24) is 10.0 Å². The first-order chi connectivity index (χ1) is 10.6. The van der Waals surface area contributed by atoms with Crippen molar-refractivity contribution >= 4 is 43.2 Å². The van der Waals surface area contributed by atoms with Crippen LogP contribution in [-0.4, -0.2) is 47.3 Å². The van der Waals surface area contributed by atoms with E-state index >= 15 is 0 Å². The third-order valence-corrected chi connectivity index (χ3v) is 4.96. The Morgan fingerprint density at radius 2 is 1.78 bits per heavy atom. The zero-order valence-corrected chi connectivity index (χ0v) is 14.8. The lowest BCUT2D eigenvalue weighted by molar-refractivity contribution is 0.0954. The predicted octanol–water partition coefficient (Wildman–Crippen LogP) is 0.294. The molecule has 0 aliphatic heterocycles. The molecule has 0 bridgehead atoms. The first kappa shape index (κ1) is 19.7. The van der Waals surface area contributed by atoms with Crippen LogP contribution >= 0.6 is 11.6 Å². The molecule has 130 valence electrons. The van der Waals surface area contributed by atoms with Crippen molar-refractivity contribution < 1.29 is 21.6 Å². The SMILES string of the molecule is CS(=O)(=O)Nc1ccccc1C(=O)NCCCNS(=O)(=O)CCl. The number of carbonyl (C=O) groups is 1. The lowest BCUT2D eigenvalue weighted by Gasteiger charge is -2.11. The molecule has 1 rings (SSSR count). The highest BCUT2D eigenvalue weighted by molar-refractivity contribution is 7.92. The van der Waals surface area contributed by atoms with Crippen molar-refractivity contribution in [2.75, 3.05) is 29.3 Å². The van der Waals surface area contributed by atoms with Crippen LogP contribution in [0.25, 0.3) is 0 Å². The van der Waals surface area contributed by atoms with E-state index in [4.69, 9.17) is 11.6 Å². The summed E-state index contributed by atoms with van der Waals surface area (Å²) in [5.74, 6) is -0.461. The van der Waals surface area contributed by atoms with Gasteiger partial charge in [-0.25, -0.2) is 21.6 Å². The molecule has 0 spiro atoms. The van der Waals surface area contributed by atoms with Gasteiger partial charge in [0.05, 0.1) is 17.5 Å². The summed E-state index contributed by atoms with van der Waals surface area (Å²) in [6.07, 6.45) is 1.36. The number of alkyl halides is 1. The fraction of sp³-hybridized carbons (Fsp3) is 0.417. The number of sulfonamides is 2. The van der Waals surface area contributed by atoms with Crippen molar-refractivity contribution in [3.8, 4) is 0 Å². The zero-order chi connectivity index (χ0) is 17.5. The Balaban J connectivity index is 2.56. The Bertz CT molecular complexity index is 750. The number of hydrogen-bond acceptors (Lipinski definition) is 5. The number of benzene rings is 1. The molecule has 0 atom stereocenters. The number of rotatable bonds is 9. The normalized spacial score (nSPS) is 11.9. The summed E-state index contributed by atoms with van der Waals surface area (Å²) in [7, 11) is -6.97. The minimum atomic E-state index is -3.50. The standard InChI is InChI=1S/C12H18ClN3O5S2/c1-22(18,19)16-11-6-3-2-5-10(11)12(17)14-7-4-8-15-23(20,21)9-13/h2-3,5-6,15-16H,4,7-9H2,1H3,(H,14,17). The molecule has 0 unspecified atom stereocenters. The van der Waals surface area contributed by atoms with Gasteiger partial charge >= 0.3 is 0 Å². The third kappa shape index (κ3) is 7.64. The van der Waals surface area contributed by atoms with E-state index in [1.807, 2.05) is 0 Å². The molecule has 1 aromatic rings. The summed E-state index contributed by atoms with van der Waals surface area (Å²) in [5, 5.41) is 2.06. The van der Waals surface area contributed by atoms with Crippen LogP contribution in [0, 0.1) is 0 Å². The minimum Gasteiger partial charge on any atom is -0.352 e. The molecule has 0 aromatic heterocycles. The van der Waals surface area contributed by atoms with Crippen LogP contribution in [-0.2, 0) is 20.0 Å². The Hall–Kier alpha value is -1.36. The molecule has 0 heterocycles. The molecule has 0 radical (unpaired) electrons. The van der Waals surface area contributed by atoms with E-state index in [0.717, 1.165) is 6.26 Å². The topological polar surface area (TPSA) is 121 Å². The fourth-order valence-corrected chi connectivity index (χ4v) is 2.96. The summed E-state index contributed by atoms with van der Waals surface area (Å²) >= 11 is 5.23. The number of amides is 1. The van der Waals surface area contributed by atoms with Crippen LogP contribution in [0.15, 0.2) is 24.3 Å². The van der Waals surface area contributed by atoms with Gasteiger partial charge in [0.1, 0.15) is 5.21 Å². The zero-order valence-electron chi connectivity index (χ0n) is 12.4. The van der Waals surface area contributed by atoms with Gasteiger partial charge in [0.25, 0.3) is 5.91 Å². The highest BCUT2D eigenvalue weighted by Crippen LogP contribution is 2.15. The summed E-state index contributed by atoms with van der Waals surface area (Å²) in [6.45, 7) is 0.357. The van der Waals surface area contributed by atoms with Gasteiger partial charge in [-0.1, -0.05) is 12.1 Å². The smallest absolute Gasteiger partial charge is 0.253 e. The number of nitrogens with one attached hydrogen (secondary N) is 3. The number of halogens is 1. The van der Waals surface area contributed by atoms with E-state index in [0.29, 0.717) is 6.42 Å². The van der Waals surface area contributed by atoms with Crippen LogP contribution < -0.4 is 14.8 Å². The van der Waals surface area contributed by atoms with Gasteiger partial charge < -0.3 is 5.32 Å². The lowest BCUT2D eigenvalue weighted by Crippen LogP contribution is -2.30. The molecule has 3 N–H and O–H groups in total. The number of anilines is 1. The fourth-order valence-electron chi connectivity index (χ4n) is 1.62. The van der Waals surface area contributed by atoms with E-state index in [-0.39, 0.29) is 24.3 Å². The highest BCUT2D eigenvalue weighted by Gasteiger charge is 2.13. The van der Waals surface area contributed by atoms with Crippen molar-refractivity contribution in [3.63, 3.8) is 0 Å². The summed E-state index contributed by atoms with van der Waals surface area (Å²) in [6, 6.07) is 6.17. The molecule has 0 saturated carbocycles. The molecular weight excluding hydrogens is 366 g/mol. The van der Waals surface area contributed by atoms with Crippen molar-refractivity contribution in [2.45, 2.75) is 6.42 Å². The first-order valence-electron chi connectivity index (χ1n) is 6.53.